The van der Waals surface area contributed by atoms with Crippen molar-refractivity contribution < 1.29 is 50.0 Å². The predicted octanol–water partition coefficient (Wildman–Crippen LogP) is -1.49. The molecule has 1 aliphatic carbocycles. The number of hydrogen-bond acceptors (Lipinski definition) is 1. The van der Waals surface area contributed by atoms with Crippen LogP contribution >= 0.6 is 0 Å². The molecule has 2 rings (SSSR count). The summed E-state index contributed by atoms with van der Waals surface area (Å²) in [5.41, 5.74) is 2.22. The molecule has 0 unspecified atom stereocenters. The minimum atomic E-state index is -0.805. The normalized spacial score (nSPS) is 11.7. The van der Waals surface area contributed by atoms with Crippen LogP contribution in [0.2, 0.25) is 13.1 Å². The van der Waals surface area contributed by atoms with E-state index in [1.165, 1.54) is 18.4 Å². The Bertz CT molecular complexity index is 553. The number of nitrogens with zero attached hydrogens (tertiary/aromatic N) is 1. The average molecular weight is 389 g/mol. The second-order valence-corrected chi connectivity index (χ2v) is 7.75. The summed E-state index contributed by atoms with van der Waals surface area (Å²) in [6, 6.07) is 9.16. The fourth-order valence-corrected chi connectivity index (χ4v) is 2.86. The zero-order valence-electron chi connectivity index (χ0n) is 13.1. The number of rotatable bonds is 2. The van der Waals surface area contributed by atoms with E-state index >= 15 is 0 Å². The van der Waals surface area contributed by atoms with E-state index in [9.17, 15) is 4.79 Å². The summed E-state index contributed by atoms with van der Waals surface area (Å²) in [5, 5.41) is 0. The number of amides is 1. The second-order valence-electron chi connectivity index (χ2n) is 4.69. The number of carbonyl (C=O) groups is 1. The van der Waals surface area contributed by atoms with Crippen LogP contribution in [0, 0.1) is 0 Å². The molecule has 22 heavy (non-hydrogen) atoms. The molecule has 0 bridgehead atoms. The van der Waals surface area contributed by atoms with E-state index in [-0.39, 0.29) is 30.7 Å². The van der Waals surface area contributed by atoms with E-state index in [1.807, 2.05) is 31.3 Å². The van der Waals surface area contributed by atoms with E-state index in [2.05, 4.69) is 44.1 Å². The molecule has 0 aliphatic heterocycles. The van der Waals surface area contributed by atoms with Crippen LogP contribution in [0.15, 0.2) is 56.6 Å². The third kappa shape index (κ3) is 8.96. The Morgan fingerprint density at radius 1 is 1.23 bits per heavy atom. The molecular formula is C16H20Cl2NOSiTi. The SMILES string of the molecule is CCC1=[C]([Ti+2])CC=C1.C[Si](C)=NC(=O)c1ccccc1.[Cl-].[Cl-]. The summed E-state index contributed by atoms with van der Waals surface area (Å²) in [6.07, 6.45) is 6.84. The maximum Gasteiger partial charge on any atom is 0.267 e. The van der Waals surface area contributed by atoms with Crippen molar-refractivity contribution >= 4 is 14.5 Å². The second kappa shape index (κ2) is 13.2. The van der Waals surface area contributed by atoms with Crippen LogP contribution in [-0.2, 0) is 20.4 Å². The molecule has 0 saturated heterocycles. The monoisotopic (exact) mass is 388 g/mol. The molecule has 1 aromatic rings. The topological polar surface area (TPSA) is 29.4 Å². The maximum atomic E-state index is 11.3. The predicted molar refractivity (Wildman–Crippen MR) is 81.8 cm³/mol. The molecule has 0 aromatic heterocycles. The van der Waals surface area contributed by atoms with E-state index < -0.39 is 8.59 Å². The van der Waals surface area contributed by atoms with Gasteiger partial charge in [-0.3, -0.25) is 9.43 Å². The van der Waals surface area contributed by atoms with Crippen LogP contribution in [0.5, 0.6) is 0 Å². The van der Waals surface area contributed by atoms with E-state index in [4.69, 9.17) is 0 Å². The summed E-state index contributed by atoms with van der Waals surface area (Å²) >= 11 is 2.21. The van der Waals surface area contributed by atoms with E-state index in [1.54, 1.807) is 16.0 Å². The fraction of sp³-hybridized carbons (Fsp3) is 0.312. The van der Waals surface area contributed by atoms with Gasteiger partial charge in [-0.25, -0.2) is 0 Å². The Kier molecular flexibility index (Phi) is 14.3. The first kappa shape index (κ1) is 23.9. The molecule has 117 valence electrons. The van der Waals surface area contributed by atoms with Gasteiger partial charge in [0.2, 0.25) is 0 Å². The molecule has 6 heteroatoms. The van der Waals surface area contributed by atoms with Gasteiger partial charge >= 0.3 is 61.8 Å². The van der Waals surface area contributed by atoms with E-state index in [0.717, 1.165) is 0 Å². The van der Waals surface area contributed by atoms with Gasteiger partial charge in [0.05, 0.1) is 0 Å². The molecule has 1 amide bonds. The zero-order chi connectivity index (χ0) is 15.0. The smallest absolute Gasteiger partial charge is 0.267 e. The average Bonchev–Trinajstić information content (AvgIpc) is 2.85. The zero-order valence-corrected chi connectivity index (χ0v) is 17.1. The molecule has 1 aromatic carbocycles. The molecule has 0 saturated carbocycles. The van der Waals surface area contributed by atoms with Crippen LogP contribution in [0.4, 0.5) is 0 Å². The van der Waals surface area contributed by atoms with Crippen LogP contribution in [0.3, 0.4) is 0 Å². The number of carbonyl (C=O) groups excluding carboxylic acids is 1. The Morgan fingerprint density at radius 2 is 1.82 bits per heavy atom. The van der Waals surface area contributed by atoms with Crippen molar-refractivity contribution in [3.8, 4) is 0 Å². The number of allylic oxidation sites excluding steroid dienone is 4. The van der Waals surface area contributed by atoms with Gasteiger partial charge in [-0.1, -0.05) is 18.2 Å². The van der Waals surface area contributed by atoms with Crippen LogP contribution in [0.25, 0.3) is 0 Å². The number of benzene rings is 1. The van der Waals surface area contributed by atoms with Gasteiger partial charge < -0.3 is 24.8 Å². The number of hydrogen-bond donors (Lipinski definition) is 0. The van der Waals surface area contributed by atoms with Gasteiger partial charge in [-0.15, -0.1) is 0 Å². The van der Waals surface area contributed by atoms with Crippen LogP contribution in [-0.4, -0.2) is 14.5 Å². The van der Waals surface area contributed by atoms with E-state index in [0.29, 0.717) is 5.56 Å². The first-order valence-electron chi connectivity index (χ1n) is 6.76. The van der Waals surface area contributed by atoms with Crippen LogP contribution in [0.1, 0.15) is 30.1 Å². The minimum absolute atomic E-state index is 0. The Hall–Kier alpha value is -0.319. The third-order valence-corrected chi connectivity index (χ3v) is 4.23. The summed E-state index contributed by atoms with van der Waals surface area (Å²) in [4.78, 5) is 11.3. The summed E-state index contributed by atoms with van der Waals surface area (Å²) in [5.74, 6) is -0.0884. The van der Waals surface area contributed by atoms with Gasteiger partial charge in [-0.2, -0.15) is 0 Å². The Morgan fingerprint density at radius 3 is 2.18 bits per heavy atom. The molecular weight excluding hydrogens is 369 g/mol. The molecule has 2 nitrogen and oxygen atoms in total. The largest absolute Gasteiger partial charge is 1.00 e. The molecule has 0 spiro atoms. The Labute approximate surface area is 159 Å². The van der Waals surface area contributed by atoms with Crippen LogP contribution < -0.4 is 24.8 Å². The summed E-state index contributed by atoms with van der Waals surface area (Å²) in [7, 11) is -0.805. The first-order valence-corrected chi connectivity index (χ1v) is 9.98. The van der Waals surface area contributed by atoms with Crippen molar-refractivity contribution in [1.82, 2.24) is 0 Å². The van der Waals surface area contributed by atoms with Gasteiger partial charge in [0.25, 0.3) is 5.91 Å². The van der Waals surface area contributed by atoms with Gasteiger partial charge in [0.1, 0.15) is 8.59 Å². The van der Waals surface area contributed by atoms with Crippen molar-refractivity contribution in [1.29, 1.82) is 0 Å². The molecule has 0 radical (unpaired) electrons. The quantitative estimate of drug-likeness (QED) is 0.567. The standard InChI is InChI=1S/C9H11NOSi.C7H9.2ClH.Ti/c1-12(2)10-9(11)8-6-4-3-5-7-8;1-2-7-5-3-4-6-7;;;/h3-7H,1-2H3;3,5H,2,4H2,1H3;2*1H;/q;;;;+2/p-2. The molecule has 0 heterocycles. The third-order valence-electron chi connectivity index (χ3n) is 2.76. The van der Waals surface area contributed by atoms with Crippen molar-refractivity contribution in [3.63, 3.8) is 0 Å². The molecule has 0 atom stereocenters. The van der Waals surface area contributed by atoms with Crippen molar-refractivity contribution in [2.24, 2.45) is 4.63 Å². The maximum absolute atomic E-state index is 11.3. The van der Waals surface area contributed by atoms with Crippen molar-refractivity contribution in [2.45, 2.75) is 32.9 Å². The van der Waals surface area contributed by atoms with Gasteiger partial charge in [0, 0.05) is 5.56 Å². The van der Waals surface area contributed by atoms with Crippen molar-refractivity contribution in [3.05, 3.63) is 57.5 Å². The summed E-state index contributed by atoms with van der Waals surface area (Å²) in [6.45, 7) is 6.19. The molecule has 0 N–H and O–H groups in total. The first-order chi connectivity index (χ1) is 9.54. The number of halogens is 2. The fourth-order valence-electron chi connectivity index (χ4n) is 1.73. The van der Waals surface area contributed by atoms with Crippen molar-refractivity contribution in [2.75, 3.05) is 0 Å². The molecule has 0 fully saturated rings. The Balaban J connectivity index is 0. The molecule has 1 aliphatic rings. The summed E-state index contributed by atoms with van der Waals surface area (Å²) < 4.78 is 5.56. The van der Waals surface area contributed by atoms with Gasteiger partial charge in [0.15, 0.2) is 0 Å². The minimum Gasteiger partial charge on any atom is -1.00 e. The van der Waals surface area contributed by atoms with Gasteiger partial charge in [-0.05, 0) is 25.2 Å².